The fourth-order valence-electron chi connectivity index (χ4n) is 3.86. The number of fused-ring (bicyclic) bond motifs is 1. The van der Waals surface area contributed by atoms with Gasteiger partial charge in [-0.25, -0.2) is 17.9 Å². The van der Waals surface area contributed by atoms with Crippen molar-refractivity contribution < 1.29 is 27.1 Å². The van der Waals surface area contributed by atoms with Crippen LogP contribution in [0.4, 0.5) is 10.1 Å². The third-order valence-corrected chi connectivity index (χ3v) is 6.73. The number of nitrogens with one attached hydrogen (secondary N) is 1. The van der Waals surface area contributed by atoms with Crippen LogP contribution in [-0.2, 0) is 20.2 Å². The molecule has 3 aromatic rings. The Morgan fingerprint density at radius 2 is 1.72 bits per heavy atom. The highest BCUT2D eigenvalue weighted by atomic mass is 32.2. The van der Waals surface area contributed by atoms with E-state index in [4.69, 9.17) is 14.6 Å². The molecule has 32 heavy (non-hydrogen) atoms. The predicted molar refractivity (Wildman–Crippen MR) is 115 cm³/mol. The van der Waals surface area contributed by atoms with E-state index in [1.165, 1.54) is 30.3 Å². The molecule has 0 saturated heterocycles. The van der Waals surface area contributed by atoms with Gasteiger partial charge in [-0.2, -0.15) is 0 Å². The third kappa shape index (κ3) is 3.59. The van der Waals surface area contributed by atoms with E-state index >= 15 is 0 Å². The molecule has 164 valence electrons. The van der Waals surface area contributed by atoms with E-state index in [0.29, 0.717) is 35.5 Å². The van der Waals surface area contributed by atoms with Crippen LogP contribution in [-0.4, -0.2) is 21.1 Å². The van der Waals surface area contributed by atoms with E-state index in [1.807, 2.05) is 6.07 Å². The zero-order chi connectivity index (χ0) is 22.5. The van der Waals surface area contributed by atoms with Crippen molar-refractivity contribution in [2.24, 2.45) is 5.14 Å². The Balaban J connectivity index is 1.43. The number of amides is 1. The van der Waals surface area contributed by atoms with Gasteiger partial charge in [0.2, 0.25) is 22.7 Å². The van der Waals surface area contributed by atoms with Crippen LogP contribution in [0.2, 0.25) is 0 Å². The van der Waals surface area contributed by atoms with Gasteiger partial charge in [-0.3, -0.25) is 4.79 Å². The summed E-state index contributed by atoms with van der Waals surface area (Å²) in [6, 6.07) is 15.6. The van der Waals surface area contributed by atoms with Crippen LogP contribution < -0.4 is 19.9 Å². The monoisotopic (exact) mass is 454 g/mol. The number of sulfonamides is 1. The molecule has 3 N–H and O–H groups in total. The van der Waals surface area contributed by atoms with Gasteiger partial charge in [-0.05, 0) is 65.9 Å². The second-order valence-electron chi connectivity index (χ2n) is 7.87. The lowest BCUT2D eigenvalue weighted by atomic mass is 9.94. The first-order valence-corrected chi connectivity index (χ1v) is 11.5. The van der Waals surface area contributed by atoms with Gasteiger partial charge >= 0.3 is 0 Å². The summed E-state index contributed by atoms with van der Waals surface area (Å²) < 4.78 is 48.6. The van der Waals surface area contributed by atoms with E-state index in [1.54, 1.807) is 24.3 Å². The molecule has 2 aliphatic rings. The Hall–Kier alpha value is -3.43. The van der Waals surface area contributed by atoms with E-state index in [9.17, 15) is 17.6 Å². The van der Waals surface area contributed by atoms with Crippen LogP contribution >= 0.6 is 0 Å². The number of hydrogen-bond donors (Lipinski definition) is 2. The molecule has 5 rings (SSSR count). The van der Waals surface area contributed by atoms with Gasteiger partial charge in [-0.15, -0.1) is 0 Å². The molecular weight excluding hydrogens is 435 g/mol. The van der Waals surface area contributed by atoms with Gasteiger partial charge in [0, 0.05) is 0 Å². The summed E-state index contributed by atoms with van der Waals surface area (Å²) in [7, 11) is -3.88. The fourth-order valence-corrected chi connectivity index (χ4v) is 4.42. The van der Waals surface area contributed by atoms with Crippen molar-refractivity contribution in [1.82, 2.24) is 0 Å². The lowest BCUT2D eigenvalue weighted by Gasteiger charge is -2.17. The van der Waals surface area contributed by atoms with Crippen LogP contribution in [0.3, 0.4) is 0 Å². The molecule has 0 aromatic heterocycles. The second kappa shape index (κ2) is 7.32. The van der Waals surface area contributed by atoms with Gasteiger partial charge in [0.15, 0.2) is 11.5 Å². The molecule has 1 aliphatic heterocycles. The largest absolute Gasteiger partial charge is 0.454 e. The Labute approximate surface area is 184 Å². The molecule has 1 fully saturated rings. The Bertz CT molecular complexity index is 1350. The zero-order valence-corrected chi connectivity index (χ0v) is 17.6. The smallest absolute Gasteiger partial charge is 0.238 e. The minimum atomic E-state index is -3.88. The van der Waals surface area contributed by atoms with Crippen LogP contribution in [0.15, 0.2) is 65.6 Å². The number of carbonyl (C=O) groups excluding carboxylic acids is 1. The zero-order valence-electron chi connectivity index (χ0n) is 16.8. The van der Waals surface area contributed by atoms with Gasteiger partial charge in [-0.1, -0.05) is 24.3 Å². The van der Waals surface area contributed by atoms with Gasteiger partial charge < -0.3 is 14.8 Å². The minimum absolute atomic E-state index is 0.0144. The Kier molecular flexibility index (Phi) is 4.68. The number of rotatable bonds is 5. The standard InChI is InChI=1S/C23H19FN2O5S/c24-18-6-4-15(14-2-1-3-17(10-14)32(25,28)29)11-19(18)26-22(27)23(8-9-23)16-5-7-20-21(12-16)31-13-30-20/h1-7,10-12H,8-9,13H2,(H,26,27)(H2,25,28,29). The average molecular weight is 454 g/mol. The maximum absolute atomic E-state index is 14.5. The molecule has 3 aromatic carbocycles. The summed E-state index contributed by atoms with van der Waals surface area (Å²) >= 11 is 0. The van der Waals surface area contributed by atoms with E-state index in [0.717, 1.165) is 5.56 Å². The second-order valence-corrected chi connectivity index (χ2v) is 9.43. The van der Waals surface area contributed by atoms with Gasteiger partial charge in [0.1, 0.15) is 5.82 Å². The first-order valence-electron chi connectivity index (χ1n) is 9.91. The summed E-state index contributed by atoms with van der Waals surface area (Å²) in [5.41, 5.74) is 1.12. The molecular formula is C23H19FN2O5S. The number of carbonyl (C=O) groups is 1. The predicted octanol–water partition coefficient (Wildman–Crippen LogP) is 3.54. The van der Waals surface area contributed by atoms with Crippen molar-refractivity contribution in [2.75, 3.05) is 12.1 Å². The van der Waals surface area contributed by atoms with Crippen LogP contribution in [0.1, 0.15) is 18.4 Å². The third-order valence-electron chi connectivity index (χ3n) is 5.82. The molecule has 0 atom stereocenters. The first kappa shape index (κ1) is 20.5. The molecule has 0 unspecified atom stereocenters. The summed E-state index contributed by atoms with van der Waals surface area (Å²) in [6.45, 7) is 0.142. The topological polar surface area (TPSA) is 108 Å². The minimum Gasteiger partial charge on any atom is -0.454 e. The SMILES string of the molecule is NS(=O)(=O)c1cccc(-c2ccc(F)c(NC(=O)C3(c4ccc5c(c4)OCO5)CC3)c2)c1. The van der Waals surface area contributed by atoms with Crippen molar-refractivity contribution in [3.8, 4) is 22.6 Å². The van der Waals surface area contributed by atoms with Crippen LogP contribution in [0.5, 0.6) is 11.5 Å². The lowest BCUT2D eigenvalue weighted by molar-refractivity contribution is -0.118. The summed E-state index contributed by atoms with van der Waals surface area (Å²) in [6.07, 6.45) is 1.27. The van der Waals surface area contributed by atoms with Crippen molar-refractivity contribution >= 4 is 21.6 Å². The van der Waals surface area contributed by atoms with Crippen molar-refractivity contribution in [2.45, 2.75) is 23.2 Å². The van der Waals surface area contributed by atoms with Crippen molar-refractivity contribution in [1.29, 1.82) is 0 Å². The maximum atomic E-state index is 14.5. The van der Waals surface area contributed by atoms with E-state index in [2.05, 4.69) is 5.32 Å². The number of anilines is 1. The van der Waals surface area contributed by atoms with Gasteiger partial charge in [0.05, 0.1) is 16.0 Å². The molecule has 0 radical (unpaired) electrons. The molecule has 9 heteroatoms. The number of nitrogens with two attached hydrogens (primary N) is 1. The van der Waals surface area contributed by atoms with Crippen LogP contribution in [0, 0.1) is 5.82 Å². The van der Waals surface area contributed by atoms with Crippen molar-refractivity contribution in [3.05, 3.63) is 72.0 Å². The highest BCUT2D eigenvalue weighted by molar-refractivity contribution is 7.89. The molecule has 1 aliphatic carbocycles. The maximum Gasteiger partial charge on any atom is 0.238 e. The summed E-state index contributed by atoms with van der Waals surface area (Å²) in [4.78, 5) is 13.1. The van der Waals surface area contributed by atoms with E-state index < -0.39 is 21.3 Å². The molecule has 1 saturated carbocycles. The summed E-state index contributed by atoms with van der Waals surface area (Å²) in [5, 5.41) is 7.91. The number of primary sulfonamides is 1. The molecule has 7 nitrogen and oxygen atoms in total. The number of benzene rings is 3. The van der Waals surface area contributed by atoms with E-state index in [-0.39, 0.29) is 23.3 Å². The number of ether oxygens (including phenoxy) is 2. The quantitative estimate of drug-likeness (QED) is 0.613. The number of halogens is 1. The lowest BCUT2D eigenvalue weighted by Crippen LogP contribution is -2.28. The highest BCUT2D eigenvalue weighted by Crippen LogP contribution is 2.51. The van der Waals surface area contributed by atoms with Crippen molar-refractivity contribution in [3.63, 3.8) is 0 Å². The fraction of sp³-hybridized carbons (Fsp3) is 0.174. The Morgan fingerprint density at radius 1 is 0.969 bits per heavy atom. The highest BCUT2D eigenvalue weighted by Gasteiger charge is 2.51. The first-order chi connectivity index (χ1) is 15.3. The normalized spacial score (nSPS) is 15.9. The summed E-state index contributed by atoms with van der Waals surface area (Å²) in [5.74, 6) is 0.312. The van der Waals surface area contributed by atoms with Gasteiger partial charge in [0.25, 0.3) is 0 Å². The number of hydrogen-bond acceptors (Lipinski definition) is 5. The molecule has 0 spiro atoms. The van der Waals surface area contributed by atoms with Crippen LogP contribution in [0.25, 0.3) is 11.1 Å². The molecule has 0 bridgehead atoms. The Morgan fingerprint density at radius 3 is 2.47 bits per heavy atom. The average Bonchev–Trinajstić information content (AvgIpc) is 3.45. The molecule has 1 heterocycles. The molecule has 1 amide bonds.